The molecule has 4 heteroatoms. The molecule has 0 unspecified atom stereocenters. The second-order valence-corrected chi connectivity index (χ2v) is 6.18. The number of hydrogen-bond acceptors (Lipinski definition) is 3. The Hall–Kier alpha value is -1.94. The predicted octanol–water partition coefficient (Wildman–Crippen LogP) is 2.75. The highest BCUT2D eigenvalue weighted by Crippen LogP contribution is 2.28. The second kappa shape index (κ2) is 4.87. The van der Waals surface area contributed by atoms with Crippen LogP contribution in [0.1, 0.15) is 48.0 Å². The largest absolute Gasteiger partial charge is 0.290 e. The number of nitrogens with zero attached hydrogens (tertiary/aromatic N) is 1. The molecule has 2 aromatic rings. The monoisotopic (exact) mass is 271 g/mol. The van der Waals surface area contributed by atoms with Crippen LogP contribution in [0, 0.1) is 13.8 Å². The highest BCUT2D eigenvalue weighted by molar-refractivity contribution is 6.06. The number of hydrazine groups is 1. The number of aryl methyl sites for hydroxylation is 2. The van der Waals surface area contributed by atoms with Gasteiger partial charge < -0.3 is 0 Å². The summed E-state index contributed by atoms with van der Waals surface area (Å²) in [6.07, 6.45) is 0. The molecule has 1 amide bonds. The lowest BCUT2D eigenvalue weighted by Crippen LogP contribution is -2.30. The molecule has 1 aromatic carbocycles. The minimum absolute atomic E-state index is 0.131. The summed E-state index contributed by atoms with van der Waals surface area (Å²) in [6.45, 7) is 10.3. The molecule has 4 nitrogen and oxygen atoms in total. The Balaban J connectivity index is 2.89. The standard InChI is InChI=1S/C16H21N3O/c1-9-6-7-11-12(15(20)19-17)8-13(16(3,4)5)18-14(11)10(9)2/h6-8H,17H2,1-5H3,(H,19,20). The van der Waals surface area contributed by atoms with Gasteiger partial charge in [-0.3, -0.25) is 15.2 Å². The van der Waals surface area contributed by atoms with Crippen LogP contribution in [0.5, 0.6) is 0 Å². The minimum Gasteiger partial charge on any atom is -0.290 e. The van der Waals surface area contributed by atoms with Gasteiger partial charge in [0.05, 0.1) is 11.1 Å². The van der Waals surface area contributed by atoms with Gasteiger partial charge in [-0.15, -0.1) is 0 Å². The van der Waals surface area contributed by atoms with Crippen molar-refractivity contribution in [3.63, 3.8) is 0 Å². The molecule has 0 aliphatic heterocycles. The molecular formula is C16H21N3O. The molecule has 1 heterocycles. The lowest BCUT2D eigenvalue weighted by Gasteiger charge is -2.20. The first-order valence-corrected chi connectivity index (χ1v) is 6.68. The van der Waals surface area contributed by atoms with Crippen molar-refractivity contribution in [3.8, 4) is 0 Å². The SMILES string of the molecule is Cc1ccc2c(C(=O)NN)cc(C(C)(C)C)nc2c1C. The van der Waals surface area contributed by atoms with Crippen molar-refractivity contribution in [2.75, 3.05) is 0 Å². The Morgan fingerprint density at radius 2 is 1.90 bits per heavy atom. The smallest absolute Gasteiger partial charge is 0.265 e. The molecule has 0 atom stereocenters. The fourth-order valence-corrected chi connectivity index (χ4v) is 2.18. The topological polar surface area (TPSA) is 68.0 Å². The van der Waals surface area contributed by atoms with E-state index in [0.717, 1.165) is 27.7 Å². The van der Waals surface area contributed by atoms with Crippen molar-refractivity contribution < 1.29 is 4.79 Å². The maximum Gasteiger partial charge on any atom is 0.265 e. The van der Waals surface area contributed by atoms with E-state index in [0.29, 0.717) is 5.56 Å². The molecule has 0 aliphatic rings. The van der Waals surface area contributed by atoms with Crippen molar-refractivity contribution in [2.24, 2.45) is 5.84 Å². The maximum atomic E-state index is 12.0. The van der Waals surface area contributed by atoms with E-state index < -0.39 is 0 Å². The van der Waals surface area contributed by atoms with E-state index in [1.807, 2.05) is 32.0 Å². The van der Waals surface area contributed by atoms with Gasteiger partial charge in [0.15, 0.2) is 0 Å². The molecule has 106 valence electrons. The number of fused-ring (bicyclic) bond motifs is 1. The van der Waals surface area contributed by atoms with Gasteiger partial charge in [-0.1, -0.05) is 32.9 Å². The third-order valence-electron chi connectivity index (χ3n) is 3.65. The van der Waals surface area contributed by atoms with Crippen LogP contribution in [0.15, 0.2) is 18.2 Å². The summed E-state index contributed by atoms with van der Waals surface area (Å²) in [5, 5.41) is 0.837. The zero-order valence-electron chi connectivity index (χ0n) is 12.7. The first kappa shape index (κ1) is 14.5. The Bertz CT molecular complexity index is 684. The van der Waals surface area contributed by atoms with Gasteiger partial charge in [0.2, 0.25) is 0 Å². The van der Waals surface area contributed by atoms with E-state index in [-0.39, 0.29) is 11.3 Å². The number of nitrogens with two attached hydrogens (primary N) is 1. The number of nitrogen functional groups attached to an aromatic ring is 1. The van der Waals surface area contributed by atoms with Gasteiger partial charge in [-0.2, -0.15) is 0 Å². The third-order valence-corrected chi connectivity index (χ3v) is 3.65. The zero-order valence-corrected chi connectivity index (χ0v) is 12.7. The number of benzene rings is 1. The number of carbonyl (C=O) groups excluding carboxylic acids is 1. The van der Waals surface area contributed by atoms with Crippen LogP contribution in [0.4, 0.5) is 0 Å². The summed E-state index contributed by atoms with van der Waals surface area (Å²) >= 11 is 0. The van der Waals surface area contributed by atoms with E-state index in [1.165, 1.54) is 0 Å². The number of carbonyl (C=O) groups is 1. The molecule has 0 saturated carbocycles. The van der Waals surface area contributed by atoms with Crippen LogP contribution in [-0.2, 0) is 5.41 Å². The summed E-state index contributed by atoms with van der Waals surface area (Å²) in [7, 11) is 0. The van der Waals surface area contributed by atoms with Crippen molar-refractivity contribution in [2.45, 2.75) is 40.0 Å². The first-order valence-electron chi connectivity index (χ1n) is 6.68. The van der Waals surface area contributed by atoms with Crippen LogP contribution in [0.2, 0.25) is 0 Å². The third kappa shape index (κ3) is 2.39. The Morgan fingerprint density at radius 3 is 2.45 bits per heavy atom. The van der Waals surface area contributed by atoms with Gasteiger partial charge >= 0.3 is 0 Å². The average molecular weight is 271 g/mol. The molecule has 0 saturated heterocycles. The van der Waals surface area contributed by atoms with Gasteiger partial charge in [-0.05, 0) is 31.0 Å². The molecule has 0 bridgehead atoms. The summed E-state index contributed by atoms with van der Waals surface area (Å²) in [5.74, 6) is 5.02. The molecule has 0 fully saturated rings. The van der Waals surface area contributed by atoms with E-state index in [2.05, 4.69) is 26.2 Å². The zero-order chi connectivity index (χ0) is 15.1. The van der Waals surface area contributed by atoms with Crippen LogP contribution in [0.3, 0.4) is 0 Å². The van der Waals surface area contributed by atoms with Gasteiger partial charge in [0, 0.05) is 16.5 Å². The van der Waals surface area contributed by atoms with E-state index in [1.54, 1.807) is 0 Å². The fraction of sp³-hybridized carbons (Fsp3) is 0.375. The van der Waals surface area contributed by atoms with Crippen molar-refractivity contribution in [1.29, 1.82) is 0 Å². The van der Waals surface area contributed by atoms with Gasteiger partial charge in [0.1, 0.15) is 0 Å². The lowest BCUT2D eigenvalue weighted by atomic mass is 9.89. The molecule has 0 spiro atoms. The summed E-state index contributed by atoms with van der Waals surface area (Å²) in [5.41, 5.74) is 6.68. The molecular weight excluding hydrogens is 250 g/mol. The normalized spacial score (nSPS) is 11.7. The van der Waals surface area contributed by atoms with Gasteiger partial charge in [0.25, 0.3) is 5.91 Å². The maximum absolute atomic E-state index is 12.0. The quantitative estimate of drug-likeness (QED) is 0.476. The van der Waals surface area contributed by atoms with Crippen LogP contribution in [-0.4, -0.2) is 10.9 Å². The number of aromatic nitrogens is 1. The molecule has 3 N–H and O–H groups in total. The fourth-order valence-electron chi connectivity index (χ4n) is 2.18. The Labute approximate surface area is 119 Å². The highest BCUT2D eigenvalue weighted by Gasteiger charge is 2.21. The number of rotatable bonds is 1. The average Bonchev–Trinajstić information content (AvgIpc) is 2.40. The van der Waals surface area contributed by atoms with Crippen LogP contribution < -0.4 is 11.3 Å². The first-order chi connectivity index (χ1) is 9.25. The summed E-state index contributed by atoms with van der Waals surface area (Å²) in [6, 6.07) is 5.77. The molecule has 20 heavy (non-hydrogen) atoms. The van der Waals surface area contributed by atoms with Crippen molar-refractivity contribution in [3.05, 3.63) is 40.6 Å². The number of pyridine rings is 1. The molecule has 1 aromatic heterocycles. The van der Waals surface area contributed by atoms with Crippen molar-refractivity contribution in [1.82, 2.24) is 10.4 Å². The van der Waals surface area contributed by atoms with E-state index >= 15 is 0 Å². The Kier molecular flexibility index (Phi) is 3.52. The van der Waals surface area contributed by atoms with Crippen molar-refractivity contribution >= 4 is 16.8 Å². The van der Waals surface area contributed by atoms with Crippen LogP contribution >= 0.6 is 0 Å². The predicted molar refractivity (Wildman–Crippen MR) is 81.6 cm³/mol. The highest BCUT2D eigenvalue weighted by atomic mass is 16.2. The second-order valence-electron chi connectivity index (χ2n) is 6.18. The number of amides is 1. The summed E-state index contributed by atoms with van der Waals surface area (Å²) in [4.78, 5) is 16.8. The number of nitrogens with one attached hydrogen (secondary N) is 1. The molecule has 0 aliphatic carbocycles. The summed E-state index contributed by atoms with van der Waals surface area (Å²) < 4.78 is 0. The Morgan fingerprint density at radius 1 is 1.25 bits per heavy atom. The van der Waals surface area contributed by atoms with E-state index in [9.17, 15) is 4.79 Å². The molecule has 2 rings (SSSR count). The van der Waals surface area contributed by atoms with Crippen LogP contribution in [0.25, 0.3) is 10.9 Å². The van der Waals surface area contributed by atoms with Gasteiger partial charge in [-0.25, -0.2) is 5.84 Å². The lowest BCUT2D eigenvalue weighted by molar-refractivity contribution is 0.0955. The van der Waals surface area contributed by atoms with E-state index in [4.69, 9.17) is 10.8 Å². The number of hydrogen-bond donors (Lipinski definition) is 2. The molecule has 0 radical (unpaired) electrons. The minimum atomic E-state index is -0.286.